The Kier molecular flexibility index (Phi) is 6.38. The maximum absolute atomic E-state index is 9.96. The standard InChI is InChI=1S/C3H2NO3PS.K.H/c5-8(6)7-3-4-1-2-9-3;;/h1-2H;;/q;+1;-1/p+1. The Labute approximate surface area is 106 Å². The smallest absolute Gasteiger partial charge is 1.00 e. The number of hydrogen-bond acceptors (Lipinski definition) is 4. The maximum atomic E-state index is 9.96. The molecule has 0 amide bonds. The van der Waals surface area contributed by atoms with Crippen molar-refractivity contribution in [2.75, 3.05) is 0 Å². The van der Waals surface area contributed by atoms with E-state index in [-0.39, 0.29) is 58.0 Å². The topological polar surface area (TPSA) is 59.4 Å². The van der Waals surface area contributed by atoms with E-state index in [2.05, 4.69) is 9.51 Å². The number of nitrogens with zero attached hydrogens (tertiary/aromatic N) is 1. The van der Waals surface area contributed by atoms with Crippen molar-refractivity contribution in [1.29, 1.82) is 0 Å². The number of hydrogen-bond donors (Lipinski definition) is 1. The molecule has 1 unspecified atom stereocenters. The molecule has 0 aromatic carbocycles. The van der Waals surface area contributed by atoms with Gasteiger partial charge in [-0.25, -0.2) is 4.98 Å². The normalized spacial score (nSPS) is 9.90. The zero-order valence-corrected chi connectivity index (χ0v) is 10.1. The van der Waals surface area contributed by atoms with Gasteiger partial charge in [-0.2, -0.15) is 4.52 Å². The molecule has 1 aromatic heterocycles. The quantitative estimate of drug-likeness (QED) is 0.460. The van der Waals surface area contributed by atoms with E-state index in [4.69, 9.17) is 4.89 Å². The van der Waals surface area contributed by atoms with E-state index in [1.165, 1.54) is 17.5 Å². The summed E-state index contributed by atoms with van der Waals surface area (Å²) in [5.41, 5.74) is 0. The average Bonchev–Trinajstić information content (AvgIpc) is 2.15. The van der Waals surface area contributed by atoms with Crippen molar-refractivity contribution in [3.05, 3.63) is 11.6 Å². The summed E-state index contributed by atoms with van der Waals surface area (Å²) in [4.78, 5) is 11.8. The van der Waals surface area contributed by atoms with E-state index in [0.29, 0.717) is 0 Å². The maximum Gasteiger partial charge on any atom is 1.00 e. The second kappa shape index (κ2) is 5.74. The van der Waals surface area contributed by atoms with Gasteiger partial charge in [-0.15, -0.1) is 4.89 Å². The van der Waals surface area contributed by atoms with Crippen LogP contribution in [0, 0.1) is 0 Å². The molecule has 1 heterocycles. The molecule has 1 aromatic rings. The molecule has 0 saturated heterocycles. The molecule has 0 fully saturated rings. The molecular formula is C3H4KNO3PS+. The van der Waals surface area contributed by atoms with Crippen LogP contribution < -0.4 is 55.9 Å². The summed E-state index contributed by atoms with van der Waals surface area (Å²) < 4.78 is 14.3. The minimum atomic E-state index is -2.55. The SMILES string of the molecule is O=[P+](O)Oc1nccs1.[H-].[K+]. The Morgan fingerprint density at radius 1 is 1.90 bits per heavy atom. The fraction of sp³-hybridized carbons (Fsp3) is 0. The number of rotatable bonds is 2. The number of aromatic nitrogens is 1. The molecule has 7 heteroatoms. The molecule has 1 N–H and O–H groups in total. The molecule has 0 aliphatic rings. The zero-order chi connectivity index (χ0) is 6.69. The molecule has 1 rings (SSSR count). The summed E-state index contributed by atoms with van der Waals surface area (Å²) in [7, 11) is -2.55. The third-order valence-electron chi connectivity index (χ3n) is 0.566. The molecule has 0 saturated carbocycles. The first-order valence-corrected chi connectivity index (χ1v) is 4.03. The molecule has 0 aliphatic heterocycles. The van der Waals surface area contributed by atoms with Crippen LogP contribution >= 0.6 is 19.6 Å². The third kappa shape index (κ3) is 4.10. The van der Waals surface area contributed by atoms with E-state index >= 15 is 0 Å². The van der Waals surface area contributed by atoms with Crippen LogP contribution in [0.5, 0.6) is 5.19 Å². The van der Waals surface area contributed by atoms with Crippen molar-refractivity contribution in [3.8, 4) is 5.19 Å². The van der Waals surface area contributed by atoms with Gasteiger partial charge in [-0.05, 0) is 0 Å². The Balaban J connectivity index is 0. The van der Waals surface area contributed by atoms with E-state index in [9.17, 15) is 4.57 Å². The van der Waals surface area contributed by atoms with Crippen molar-refractivity contribution >= 4 is 19.6 Å². The molecule has 0 aliphatic carbocycles. The van der Waals surface area contributed by atoms with E-state index in [0.717, 1.165) is 0 Å². The Morgan fingerprint density at radius 2 is 2.60 bits per heavy atom. The van der Waals surface area contributed by atoms with Crippen molar-refractivity contribution < 1.29 is 66.8 Å². The average molecular weight is 204 g/mol. The predicted octanol–water partition coefficient (Wildman–Crippen LogP) is -1.71. The Morgan fingerprint density at radius 3 is 3.00 bits per heavy atom. The first-order chi connectivity index (χ1) is 4.29. The van der Waals surface area contributed by atoms with E-state index < -0.39 is 8.25 Å². The van der Waals surface area contributed by atoms with Crippen LogP contribution in [0.3, 0.4) is 0 Å². The van der Waals surface area contributed by atoms with Crippen molar-refractivity contribution in [1.82, 2.24) is 4.98 Å². The molecule has 10 heavy (non-hydrogen) atoms. The molecule has 0 radical (unpaired) electrons. The second-order valence-corrected chi connectivity index (χ2v) is 2.64. The minimum Gasteiger partial charge on any atom is -1.00 e. The van der Waals surface area contributed by atoms with E-state index in [1.807, 2.05) is 0 Å². The van der Waals surface area contributed by atoms with Gasteiger partial charge in [0.1, 0.15) is 0 Å². The molecule has 1 atom stereocenters. The van der Waals surface area contributed by atoms with Crippen LogP contribution in [-0.2, 0) is 4.57 Å². The monoisotopic (exact) mass is 204 g/mol. The van der Waals surface area contributed by atoms with Gasteiger partial charge in [0, 0.05) is 16.1 Å². The summed E-state index contributed by atoms with van der Waals surface area (Å²) in [6, 6.07) is 0. The largest absolute Gasteiger partial charge is 1.00 e. The van der Waals surface area contributed by atoms with Crippen molar-refractivity contribution in [2.45, 2.75) is 0 Å². The minimum absolute atomic E-state index is 0. The molecule has 4 nitrogen and oxygen atoms in total. The van der Waals surface area contributed by atoms with Gasteiger partial charge >= 0.3 is 64.8 Å². The Hall–Kier alpha value is 1.13. The molecular weight excluding hydrogens is 200 g/mol. The van der Waals surface area contributed by atoms with Crippen LogP contribution in [0.1, 0.15) is 1.43 Å². The van der Waals surface area contributed by atoms with Gasteiger partial charge in [0.05, 0.1) is 0 Å². The third-order valence-corrected chi connectivity index (χ3v) is 1.67. The van der Waals surface area contributed by atoms with Crippen molar-refractivity contribution in [2.24, 2.45) is 0 Å². The van der Waals surface area contributed by atoms with Gasteiger partial charge in [0.15, 0.2) is 0 Å². The molecule has 50 valence electrons. The van der Waals surface area contributed by atoms with Crippen LogP contribution in [0.4, 0.5) is 0 Å². The van der Waals surface area contributed by atoms with Gasteiger partial charge in [0.25, 0.3) is 0 Å². The first kappa shape index (κ1) is 11.1. The van der Waals surface area contributed by atoms with Gasteiger partial charge in [0.2, 0.25) is 0 Å². The van der Waals surface area contributed by atoms with Gasteiger partial charge < -0.3 is 1.43 Å². The second-order valence-electron chi connectivity index (χ2n) is 1.13. The molecule has 0 bridgehead atoms. The summed E-state index contributed by atoms with van der Waals surface area (Å²) in [6.45, 7) is 0. The summed E-state index contributed by atoms with van der Waals surface area (Å²) in [6.07, 6.45) is 1.50. The summed E-state index contributed by atoms with van der Waals surface area (Å²) >= 11 is 1.17. The fourth-order valence-corrected chi connectivity index (χ4v) is 1.23. The summed E-state index contributed by atoms with van der Waals surface area (Å²) in [5.74, 6) is 0. The fourth-order valence-electron chi connectivity index (χ4n) is 0.322. The van der Waals surface area contributed by atoms with Crippen LogP contribution in [0.2, 0.25) is 0 Å². The van der Waals surface area contributed by atoms with Gasteiger partial charge in [-0.3, -0.25) is 0 Å². The number of thiazole rings is 1. The Bertz CT molecular complexity index is 208. The van der Waals surface area contributed by atoms with Crippen LogP contribution in [-0.4, -0.2) is 9.88 Å². The molecule has 0 spiro atoms. The first-order valence-electron chi connectivity index (χ1n) is 2.02. The van der Waals surface area contributed by atoms with Crippen LogP contribution in [0.25, 0.3) is 0 Å². The van der Waals surface area contributed by atoms with Gasteiger partial charge in [-0.1, -0.05) is 11.3 Å². The zero-order valence-electron chi connectivity index (χ0n) is 6.22. The van der Waals surface area contributed by atoms with Crippen LogP contribution in [0.15, 0.2) is 11.6 Å². The van der Waals surface area contributed by atoms with Crippen molar-refractivity contribution in [3.63, 3.8) is 0 Å². The van der Waals surface area contributed by atoms with E-state index in [1.54, 1.807) is 5.38 Å². The summed E-state index contributed by atoms with van der Waals surface area (Å²) in [5, 5.41) is 1.88. The predicted molar refractivity (Wildman–Crippen MR) is 33.7 cm³/mol.